The van der Waals surface area contributed by atoms with Crippen molar-refractivity contribution in [1.82, 2.24) is 15.0 Å². The number of halogens is 1. The number of nitrogens with zero attached hydrogens (tertiary/aromatic N) is 3. The van der Waals surface area contributed by atoms with Crippen molar-refractivity contribution in [3.8, 4) is 0 Å². The number of hydrogen-bond donors (Lipinski definition) is 0. The third kappa shape index (κ3) is 4.14. The first-order valence-electron chi connectivity index (χ1n) is 9.64. The standard InChI is InChI=1S/C21H24ClN3O3/c1-3-15-9-20-18(11-19(15)22)16(10-21(26)27-20)12-24-4-6-25(7-5-24)13-17-8-14(2)23-28-17/h8-11H,3-7,12-13H2,1-2H3. The minimum atomic E-state index is -0.314. The Bertz CT molecular complexity index is 1040. The Hall–Kier alpha value is -2.15. The van der Waals surface area contributed by atoms with Crippen molar-refractivity contribution in [1.29, 1.82) is 0 Å². The lowest BCUT2D eigenvalue weighted by Crippen LogP contribution is -2.45. The third-order valence-electron chi connectivity index (χ3n) is 5.29. The largest absolute Gasteiger partial charge is 0.423 e. The predicted molar refractivity (Wildman–Crippen MR) is 109 cm³/mol. The molecule has 2 aromatic heterocycles. The second-order valence-electron chi connectivity index (χ2n) is 7.37. The number of hydrogen-bond acceptors (Lipinski definition) is 6. The van der Waals surface area contributed by atoms with E-state index in [-0.39, 0.29) is 5.63 Å². The molecule has 0 aliphatic carbocycles. The van der Waals surface area contributed by atoms with Gasteiger partial charge in [-0.1, -0.05) is 23.7 Å². The summed E-state index contributed by atoms with van der Waals surface area (Å²) in [5, 5.41) is 5.59. The van der Waals surface area contributed by atoms with Gasteiger partial charge in [-0.05, 0) is 36.6 Å². The van der Waals surface area contributed by atoms with E-state index in [2.05, 4.69) is 15.0 Å². The molecule has 1 fully saturated rings. The summed E-state index contributed by atoms with van der Waals surface area (Å²) in [6.07, 6.45) is 0.801. The van der Waals surface area contributed by atoms with E-state index in [9.17, 15) is 4.79 Å². The topological polar surface area (TPSA) is 62.7 Å². The van der Waals surface area contributed by atoms with Crippen molar-refractivity contribution < 1.29 is 8.94 Å². The molecule has 1 aliphatic rings. The fraction of sp³-hybridized carbons (Fsp3) is 0.429. The lowest BCUT2D eigenvalue weighted by atomic mass is 10.1. The summed E-state index contributed by atoms with van der Waals surface area (Å²) in [5.41, 5.74) is 3.17. The minimum absolute atomic E-state index is 0.314. The zero-order valence-corrected chi connectivity index (χ0v) is 17.0. The molecule has 3 heterocycles. The number of benzene rings is 1. The fourth-order valence-corrected chi connectivity index (χ4v) is 4.05. The maximum Gasteiger partial charge on any atom is 0.336 e. The van der Waals surface area contributed by atoms with Gasteiger partial charge in [0.2, 0.25) is 0 Å². The fourth-order valence-electron chi connectivity index (χ4n) is 3.75. The predicted octanol–water partition coefficient (Wildman–Crippen LogP) is 3.62. The molecule has 7 heteroatoms. The summed E-state index contributed by atoms with van der Waals surface area (Å²) in [7, 11) is 0. The SMILES string of the molecule is CCc1cc2oc(=O)cc(CN3CCN(Cc4cc(C)no4)CC3)c2cc1Cl. The molecule has 0 saturated carbocycles. The Labute approximate surface area is 168 Å². The Morgan fingerprint density at radius 2 is 1.75 bits per heavy atom. The highest BCUT2D eigenvalue weighted by molar-refractivity contribution is 6.32. The van der Waals surface area contributed by atoms with E-state index in [4.69, 9.17) is 20.5 Å². The van der Waals surface area contributed by atoms with Gasteiger partial charge in [-0.3, -0.25) is 9.80 Å². The lowest BCUT2D eigenvalue weighted by Gasteiger charge is -2.34. The lowest BCUT2D eigenvalue weighted by molar-refractivity contribution is 0.114. The van der Waals surface area contributed by atoms with E-state index >= 15 is 0 Å². The van der Waals surface area contributed by atoms with Crippen LogP contribution in [0.25, 0.3) is 11.0 Å². The summed E-state index contributed by atoms with van der Waals surface area (Å²) in [4.78, 5) is 16.8. The molecule has 0 radical (unpaired) electrons. The quantitative estimate of drug-likeness (QED) is 0.608. The highest BCUT2D eigenvalue weighted by Gasteiger charge is 2.20. The zero-order chi connectivity index (χ0) is 19.7. The van der Waals surface area contributed by atoms with Gasteiger partial charge in [0.25, 0.3) is 0 Å². The van der Waals surface area contributed by atoms with Gasteiger partial charge >= 0.3 is 5.63 Å². The van der Waals surface area contributed by atoms with Crippen molar-refractivity contribution in [3.63, 3.8) is 0 Å². The van der Waals surface area contributed by atoms with Crippen molar-refractivity contribution in [2.45, 2.75) is 33.4 Å². The summed E-state index contributed by atoms with van der Waals surface area (Å²) in [6, 6.07) is 7.39. The maximum atomic E-state index is 12.0. The van der Waals surface area contributed by atoms with Crippen LogP contribution >= 0.6 is 11.6 Å². The van der Waals surface area contributed by atoms with Crippen LogP contribution in [-0.2, 0) is 19.5 Å². The van der Waals surface area contributed by atoms with Crippen molar-refractivity contribution in [2.24, 2.45) is 0 Å². The van der Waals surface area contributed by atoms with Crippen LogP contribution < -0.4 is 5.63 Å². The molecule has 0 amide bonds. The Morgan fingerprint density at radius 3 is 2.39 bits per heavy atom. The first kappa shape index (κ1) is 19.2. The Kier molecular flexibility index (Phi) is 5.53. The average molecular weight is 402 g/mol. The number of aromatic nitrogens is 1. The summed E-state index contributed by atoms with van der Waals surface area (Å²) in [5.74, 6) is 0.902. The molecule has 1 aromatic carbocycles. The second kappa shape index (κ2) is 8.07. The second-order valence-corrected chi connectivity index (χ2v) is 7.78. The van der Waals surface area contributed by atoms with Gasteiger partial charge in [0, 0.05) is 55.3 Å². The number of fused-ring (bicyclic) bond motifs is 1. The Balaban J connectivity index is 1.47. The van der Waals surface area contributed by atoms with E-state index < -0.39 is 0 Å². The number of aryl methyl sites for hydroxylation is 2. The monoisotopic (exact) mass is 401 g/mol. The van der Waals surface area contributed by atoms with Crippen LogP contribution in [0.1, 0.15) is 29.5 Å². The molecule has 3 aromatic rings. The van der Waals surface area contributed by atoms with Crippen LogP contribution in [0.4, 0.5) is 0 Å². The van der Waals surface area contributed by atoms with Gasteiger partial charge in [-0.2, -0.15) is 0 Å². The summed E-state index contributed by atoms with van der Waals surface area (Å²) < 4.78 is 10.7. The van der Waals surface area contributed by atoms with Crippen LogP contribution in [0, 0.1) is 6.92 Å². The third-order valence-corrected chi connectivity index (χ3v) is 5.65. The molecule has 6 nitrogen and oxygen atoms in total. The van der Waals surface area contributed by atoms with E-state index in [1.807, 2.05) is 32.0 Å². The molecule has 0 unspecified atom stereocenters. The maximum absolute atomic E-state index is 12.0. The van der Waals surface area contributed by atoms with Crippen molar-refractivity contribution in [3.05, 3.63) is 62.3 Å². The normalized spacial score (nSPS) is 16.1. The molecule has 1 saturated heterocycles. The van der Waals surface area contributed by atoms with E-state index in [0.29, 0.717) is 12.1 Å². The molecule has 1 aliphatic heterocycles. The van der Waals surface area contributed by atoms with E-state index in [1.165, 1.54) is 0 Å². The van der Waals surface area contributed by atoms with E-state index in [0.717, 1.165) is 72.1 Å². The first-order valence-corrected chi connectivity index (χ1v) is 10.0. The molecule has 0 bridgehead atoms. The average Bonchev–Trinajstić information content (AvgIpc) is 3.08. The number of rotatable bonds is 5. The van der Waals surface area contributed by atoms with Gasteiger partial charge in [-0.15, -0.1) is 0 Å². The van der Waals surface area contributed by atoms with Gasteiger partial charge in [0.05, 0.1) is 12.2 Å². The molecule has 0 atom stereocenters. The summed E-state index contributed by atoms with van der Waals surface area (Å²) >= 11 is 6.40. The molecule has 0 spiro atoms. The molecule has 4 rings (SSSR count). The van der Waals surface area contributed by atoms with Crippen LogP contribution in [0.2, 0.25) is 5.02 Å². The van der Waals surface area contributed by atoms with Gasteiger partial charge in [-0.25, -0.2) is 4.79 Å². The molecule has 0 N–H and O–H groups in total. The van der Waals surface area contributed by atoms with Crippen LogP contribution in [0.5, 0.6) is 0 Å². The van der Waals surface area contributed by atoms with Crippen molar-refractivity contribution >= 4 is 22.6 Å². The molecular formula is C21H24ClN3O3. The Morgan fingerprint density at radius 1 is 1.04 bits per heavy atom. The van der Waals surface area contributed by atoms with E-state index in [1.54, 1.807) is 6.07 Å². The minimum Gasteiger partial charge on any atom is -0.423 e. The molecular weight excluding hydrogens is 378 g/mol. The zero-order valence-electron chi connectivity index (χ0n) is 16.2. The van der Waals surface area contributed by atoms with Crippen LogP contribution in [0.15, 0.2) is 38.0 Å². The van der Waals surface area contributed by atoms with Gasteiger partial charge in [0.1, 0.15) is 5.58 Å². The van der Waals surface area contributed by atoms with Crippen LogP contribution in [0.3, 0.4) is 0 Å². The molecule has 28 heavy (non-hydrogen) atoms. The highest BCUT2D eigenvalue weighted by atomic mass is 35.5. The first-order chi connectivity index (χ1) is 13.5. The smallest absolute Gasteiger partial charge is 0.336 e. The molecule has 148 valence electrons. The number of piperazine rings is 1. The van der Waals surface area contributed by atoms with Gasteiger partial charge in [0.15, 0.2) is 5.76 Å². The van der Waals surface area contributed by atoms with Gasteiger partial charge < -0.3 is 8.94 Å². The highest BCUT2D eigenvalue weighted by Crippen LogP contribution is 2.27. The van der Waals surface area contributed by atoms with Crippen molar-refractivity contribution in [2.75, 3.05) is 26.2 Å². The van der Waals surface area contributed by atoms with Crippen LogP contribution in [-0.4, -0.2) is 41.1 Å². The summed E-state index contributed by atoms with van der Waals surface area (Å²) in [6.45, 7) is 9.20.